The van der Waals surface area contributed by atoms with Gasteiger partial charge in [0, 0.05) is 12.1 Å². The Morgan fingerprint density at radius 2 is 2.06 bits per heavy atom. The first-order valence-electron chi connectivity index (χ1n) is 7.37. The van der Waals surface area contributed by atoms with E-state index in [1.807, 2.05) is 0 Å². The predicted molar refractivity (Wildman–Crippen MR) is 69.8 cm³/mol. The summed E-state index contributed by atoms with van der Waals surface area (Å²) in [5.41, 5.74) is 0. The molecular weight excluding hydrogens is 196 g/mol. The minimum atomic E-state index is 0.889. The van der Waals surface area contributed by atoms with Crippen LogP contribution in [0.3, 0.4) is 0 Å². The summed E-state index contributed by atoms with van der Waals surface area (Å²) in [5.74, 6) is 0. The van der Waals surface area contributed by atoms with Crippen molar-refractivity contribution in [3.8, 4) is 0 Å². The van der Waals surface area contributed by atoms with Crippen molar-refractivity contribution in [2.45, 2.75) is 70.4 Å². The first-order valence-corrected chi connectivity index (χ1v) is 7.37. The van der Waals surface area contributed by atoms with E-state index in [0.717, 1.165) is 12.1 Å². The number of hydrogen-bond donors (Lipinski definition) is 1. The molecule has 2 rings (SSSR count). The van der Waals surface area contributed by atoms with Crippen LogP contribution in [0.4, 0.5) is 0 Å². The van der Waals surface area contributed by atoms with E-state index in [9.17, 15) is 0 Å². The number of rotatable bonds is 8. The van der Waals surface area contributed by atoms with Crippen LogP contribution in [0, 0.1) is 0 Å². The standard InChI is InChI=1S/C14H28N2/c1-2-3-11-16-12-5-7-14(16)6-4-10-15-13-8-9-13/h13-15H,2-12H2,1H3/t14-/m0/s1. The third-order valence-corrected chi connectivity index (χ3v) is 4.02. The number of hydrogen-bond acceptors (Lipinski definition) is 2. The monoisotopic (exact) mass is 224 g/mol. The van der Waals surface area contributed by atoms with Crippen LogP contribution in [-0.2, 0) is 0 Å². The summed E-state index contributed by atoms with van der Waals surface area (Å²) in [6.45, 7) is 6.26. The molecule has 0 spiro atoms. The predicted octanol–water partition coefficient (Wildman–Crippen LogP) is 2.78. The van der Waals surface area contributed by atoms with Gasteiger partial charge >= 0.3 is 0 Å². The van der Waals surface area contributed by atoms with Gasteiger partial charge in [-0.15, -0.1) is 0 Å². The first kappa shape index (κ1) is 12.4. The van der Waals surface area contributed by atoms with Gasteiger partial charge in [-0.05, 0) is 64.6 Å². The van der Waals surface area contributed by atoms with Crippen molar-refractivity contribution in [2.24, 2.45) is 0 Å². The Hall–Kier alpha value is -0.0800. The maximum absolute atomic E-state index is 3.62. The van der Waals surface area contributed by atoms with Crippen molar-refractivity contribution >= 4 is 0 Å². The summed E-state index contributed by atoms with van der Waals surface area (Å²) in [6.07, 6.45) is 11.3. The fraction of sp³-hybridized carbons (Fsp3) is 1.00. The third-order valence-electron chi connectivity index (χ3n) is 4.02. The van der Waals surface area contributed by atoms with Crippen LogP contribution < -0.4 is 5.32 Å². The van der Waals surface area contributed by atoms with E-state index in [1.165, 1.54) is 71.0 Å². The van der Waals surface area contributed by atoms with Crippen LogP contribution in [0.2, 0.25) is 0 Å². The van der Waals surface area contributed by atoms with Gasteiger partial charge in [0.2, 0.25) is 0 Å². The van der Waals surface area contributed by atoms with Crippen LogP contribution in [-0.4, -0.2) is 36.6 Å². The fourth-order valence-corrected chi connectivity index (χ4v) is 2.81. The number of nitrogens with zero attached hydrogens (tertiary/aromatic N) is 1. The Balaban J connectivity index is 1.55. The summed E-state index contributed by atoms with van der Waals surface area (Å²) < 4.78 is 0. The van der Waals surface area contributed by atoms with Gasteiger partial charge in [0.15, 0.2) is 0 Å². The zero-order valence-electron chi connectivity index (χ0n) is 10.9. The Bertz CT molecular complexity index is 189. The molecule has 1 aliphatic carbocycles. The number of unbranched alkanes of at least 4 members (excludes halogenated alkanes) is 1. The molecule has 94 valence electrons. The molecule has 2 fully saturated rings. The zero-order valence-corrected chi connectivity index (χ0v) is 10.9. The molecule has 2 nitrogen and oxygen atoms in total. The summed E-state index contributed by atoms with van der Waals surface area (Å²) in [6, 6.07) is 1.80. The summed E-state index contributed by atoms with van der Waals surface area (Å²) in [4.78, 5) is 2.74. The quantitative estimate of drug-likeness (QED) is 0.638. The molecule has 0 aromatic heterocycles. The van der Waals surface area contributed by atoms with Crippen LogP contribution in [0.5, 0.6) is 0 Å². The molecule has 0 unspecified atom stereocenters. The molecule has 0 bridgehead atoms. The maximum atomic E-state index is 3.62. The molecular formula is C14H28N2. The van der Waals surface area contributed by atoms with Crippen molar-refractivity contribution in [2.75, 3.05) is 19.6 Å². The third kappa shape index (κ3) is 4.06. The first-order chi connectivity index (χ1) is 7.90. The number of nitrogens with one attached hydrogen (secondary N) is 1. The molecule has 0 aromatic carbocycles. The molecule has 1 atom stereocenters. The molecule has 1 heterocycles. The molecule has 0 radical (unpaired) electrons. The Labute approximate surface area is 101 Å². The largest absolute Gasteiger partial charge is 0.314 e. The second-order valence-electron chi connectivity index (χ2n) is 5.56. The van der Waals surface area contributed by atoms with Crippen LogP contribution in [0.15, 0.2) is 0 Å². The average Bonchev–Trinajstić information content (AvgIpc) is 3.01. The van der Waals surface area contributed by atoms with E-state index in [2.05, 4.69) is 17.1 Å². The lowest BCUT2D eigenvalue weighted by molar-refractivity contribution is 0.236. The van der Waals surface area contributed by atoms with Gasteiger partial charge in [-0.25, -0.2) is 0 Å². The van der Waals surface area contributed by atoms with Crippen molar-refractivity contribution in [3.63, 3.8) is 0 Å². The molecule has 1 N–H and O–H groups in total. The van der Waals surface area contributed by atoms with E-state index in [0.29, 0.717) is 0 Å². The second kappa shape index (κ2) is 6.61. The van der Waals surface area contributed by atoms with Crippen LogP contribution in [0.25, 0.3) is 0 Å². The lowest BCUT2D eigenvalue weighted by Crippen LogP contribution is -2.31. The summed E-state index contributed by atoms with van der Waals surface area (Å²) in [5, 5.41) is 3.62. The normalized spacial score (nSPS) is 26.4. The zero-order chi connectivity index (χ0) is 11.2. The molecule has 1 saturated carbocycles. The average molecular weight is 224 g/mol. The highest BCUT2D eigenvalue weighted by Gasteiger charge is 2.24. The highest BCUT2D eigenvalue weighted by atomic mass is 15.2. The minimum Gasteiger partial charge on any atom is -0.314 e. The van der Waals surface area contributed by atoms with E-state index in [-0.39, 0.29) is 0 Å². The van der Waals surface area contributed by atoms with E-state index in [4.69, 9.17) is 0 Å². The Morgan fingerprint density at radius 1 is 1.19 bits per heavy atom. The van der Waals surface area contributed by atoms with E-state index in [1.54, 1.807) is 0 Å². The van der Waals surface area contributed by atoms with Crippen LogP contribution in [0.1, 0.15) is 58.3 Å². The van der Waals surface area contributed by atoms with Crippen molar-refractivity contribution in [3.05, 3.63) is 0 Å². The van der Waals surface area contributed by atoms with E-state index < -0.39 is 0 Å². The lowest BCUT2D eigenvalue weighted by atomic mass is 10.1. The van der Waals surface area contributed by atoms with Gasteiger partial charge in [0.1, 0.15) is 0 Å². The molecule has 0 aromatic rings. The summed E-state index contributed by atoms with van der Waals surface area (Å²) in [7, 11) is 0. The molecule has 1 saturated heterocycles. The van der Waals surface area contributed by atoms with Crippen molar-refractivity contribution in [1.29, 1.82) is 0 Å². The van der Waals surface area contributed by atoms with Gasteiger partial charge < -0.3 is 10.2 Å². The summed E-state index contributed by atoms with van der Waals surface area (Å²) >= 11 is 0. The number of likely N-dealkylation sites (tertiary alicyclic amines) is 1. The highest BCUT2D eigenvalue weighted by molar-refractivity contribution is 4.82. The highest BCUT2D eigenvalue weighted by Crippen LogP contribution is 2.22. The van der Waals surface area contributed by atoms with Gasteiger partial charge in [0.25, 0.3) is 0 Å². The van der Waals surface area contributed by atoms with Gasteiger partial charge in [-0.1, -0.05) is 13.3 Å². The molecule has 1 aliphatic heterocycles. The Kier molecular flexibility index (Phi) is 5.11. The minimum absolute atomic E-state index is 0.889. The molecule has 2 heteroatoms. The van der Waals surface area contributed by atoms with E-state index >= 15 is 0 Å². The SMILES string of the molecule is CCCCN1CCC[C@@H]1CCCNC1CC1. The van der Waals surface area contributed by atoms with Crippen molar-refractivity contribution in [1.82, 2.24) is 10.2 Å². The molecule has 2 aliphatic rings. The van der Waals surface area contributed by atoms with Crippen molar-refractivity contribution < 1.29 is 0 Å². The van der Waals surface area contributed by atoms with Gasteiger partial charge in [-0.2, -0.15) is 0 Å². The molecule has 16 heavy (non-hydrogen) atoms. The maximum Gasteiger partial charge on any atom is 0.00962 e. The van der Waals surface area contributed by atoms with Gasteiger partial charge in [0.05, 0.1) is 0 Å². The van der Waals surface area contributed by atoms with Crippen LogP contribution >= 0.6 is 0 Å². The topological polar surface area (TPSA) is 15.3 Å². The smallest absolute Gasteiger partial charge is 0.00962 e. The fourth-order valence-electron chi connectivity index (χ4n) is 2.81. The Morgan fingerprint density at radius 3 is 2.81 bits per heavy atom. The van der Waals surface area contributed by atoms with Gasteiger partial charge in [-0.3, -0.25) is 0 Å². The second-order valence-corrected chi connectivity index (χ2v) is 5.56. The molecule has 0 amide bonds. The lowest BCUT2D eigenvalue weighted by Gasteiger charge is -2.24.